The molecular weight excluding hydrogens is 568 g/mol. The number of carboxylic acid groups (broad SMARTS) is 1. The first-order chi connectivity index (χ1) is 21.4. The molecule has 1 aromatic heterocycles. The Kier molecular flexibility index (Phi) is 9.20. The Morgan fingerprint density at radius 2 is 1.67 bits per heavy atom. The van der Waals surface area contributed by atoms with Gasteiger partial charge in [-0.2, -0.15) is 0 Å². The van der Waals surface area contributed by atoms with E-state index in [1.807, 2.05) is 37.3 Å². The van der Waals surface area contributed by atoms with Crippen LogP contribution in [0.1, 0.15) is 63.7 Å². The molecule has 2 heterocycles. The lowest BCUT2D eigenvalue weighted by Crippen LogP contribution is -2.40. The van der Waals surface area contributed by atoms with Crippen molar-refractivity contribution in [1.82, 2.24) is 14.5 Å². The number of benzene rings is 3. The van der Waals surface area contributed by atoms with Crippen LogP contribution >= 0.6 is 0 Å². The number of rotatable bonds is 8. The molecule has 5 rings (SSSR count). The zero-order chi connectivity index (χ0) is 32.3. The van der Waals surface area contributed by atoms with Crippen LogP contribution in [0.4, 0.5) is 11.5 Å². The molecule has 234 valence electrons. The van der Waals surface area contributed by atoms with E-state index < -0.39 is 5.97 Å². The van der Waals surface area contributed by atoms with Crippen molar-refractivity contribution < 1.29 is 19.4 Å². The molecule has 9 heteroatoms. The summed E-state index contributed by atoms with van der Waals surface area (Å²) < 4.78 is 6.85. The van der Waals surface area contributed by atoms with Gasteiger partial charge < -0.3 is 24.6 Å². The number of amides is 1. The SMILES string of the molecule is Cc1c(CCc2cc(C(C)(C)C)ccc2C(=O)O)cccc1-c1cn(C)c(=O)c(Nc2ccc(C(=O)N3CCOCC3)cc2)n1. The second kappa shape index (κ2) is 13.1. The van der Waals surface area contributed by atoms with E-state index in [9.17, 15) is 19.5 Å². The van der Waals surface area contributed by atoms with Crippen molar-refractivity contribution in [3.05, 3.63) is 111 Å². The zero-order valence-corrected chi connectivity index (χ0v) is 26.5. The molecule has 0 atom stereocenters. The van der Waals surface area contributed by atoms with Gasteiger partial charge in [0, 0.05) is 43.1 Å². The van der Waals surface area contributed by atoms with Gasteiger partial charge in [-0.1, -0.05) is 51.1 Å². The highest BCUT2D eigenvalue weighted by Gasteiger charge is 2.20. The topological polar surface area (TPSA) is 114 Å². The van der Waals surface area contributed by atoms with E-state index >= 15 is 0 Å². The van der Waals surface area contributed by atoms with Crippen molar-refractivity contribution in [1.29, 1.82) is 0 Å². The van der Waals surface area contributed by atoms with Gasteiger partial charge in [0.25, 0.3) is 11.5 Å². The average molecular weight is 609 g/mol. The van der Waals surface area contributed by atoms with E-state index in [4.69, 9.17) is 9.72 Å². The first-order valence-electron chi connectivity index (χ1n) is 15.2. The number of carbonyl (C=O) groups is 2. The molecule has 1 fully saturated rings. The van der Waals surface area contributed by atoms with Crippen molar-refractivity contribution in [2.75, 3.05) is 31.6 Å². The Hall–Kier alpha value is -4.76. The van der Waals surface area contributed by atoms with Crippen LogP contribution in [0.2, 0.25) is 0 Å². The number of carbonyl (C=O) groups excluding carboxylic acids is 1. The third kappa shape index (κ3) is 7.15. The van der Waals surface area contributed by atoms with E-state index in [1.54, 1.807) is 48.5 Å². The van der Waals surface area contributed by atoms with Crippen molar-refractivity contribution in [3.8, 4) is 11.3 Å². The number of carboxylic acids is 1. The fraction of sp³-hybridized carbons (Fsp3) is 0.333. The maximum atomic E-state index is 13.1. The predicted molar refractivity (Wildman–Crippen MR) is 176 cm³/mol. The number of nitrogens with one attached hydrogen (secondary N) is 1. The molecule has 3 aromatic carbocycles. The molecule has 9 nitrogen and oxygen atoms in total. The Bertz CT molecular complexity index is 1780. The van der Waals surface area contributed by atoms with Crippen LogP contribution in [-0.2, 0) is 30.0 Å². The molecule has 0 bridgehead atoms. The summed E-state index contributed by atoms with van der Waals surface area (Å²) in [7, 11) is 1.69. The fourth-order valence-corrected chi connectivity index (χ4v) is 5.58. The third-order valence-corrected chi connectivity index (χ3v) is 8.35. The number of hydrogen-bond acceptors (Lipinski definition) is 6. The third-order valence-electron chi connectivity index (χ3n) is 8.35. The predicted octanol–water partition coefficient (Wildman–Crippen LogP) is 5.75. The molecular formula is C36H40N4O5. The molecule has 0 radical (unpaired) electrons. The van der Waals surface area contributed by atoms with Crippen LogP contribution in [0, 0.1) is 6.92 Å². The molecule has 0 saturated carbocycles. The molecule has 1 saturated heterocycles. The summed E-state index contributed by atoms with van der Waals surface area (Å²) in [6.07, 6.45) is 2.95. The average Bonchev–Trinajstić information content (AvgIpc) is 3.02. The van der Waals surface area contributed by atoms with Gasteiger partial charge in [-0.15, -0.1) is 0 Å². The monoisotopic (exact) mass is 608 g/mol. The van der Waals surface area contributed by atoms with Crippen molar-refractivity contribution in [2.24, 2.45) is 7.05 Å². The Morgan fingerprint density at radius 1 is 0.978 bits per heavy atom. The fourth-order valence-electron chi connectivity index (χ4n) is 5.58. The first-order valence-corrected chi connectivity index (χ1v) is 15.2. The number of ether oxygens (including phenoxy) is 1. The zero-order valence-electron chi connectivity index (χ0n) is 26.5. The summed E-state index contributed by atoms with van der Waals surface area (Å²) in [6.45, 7) is 10.6. The van der Waals surface area contributed by atoms with Crippen LogP contribution in [-0.4, -0.2) is 57.7 Å². The minimum Gasteiger partial charge on any atom is -0.478 e. The van der Waals surface area contributed by atoms with Gasteiger partial charge in [0.15, 0.2) is 5.82 Å². The van der Waals surface area contributed by atoms with Gasteiger partial charge in [-0.05, 0) is 77.8 Å². The standard InChI is InChI=1S/C36H40N4O5/c1-23-24(9-10-26-21-27(36(2,3)4)13-16-30(26)35(43)44)7-6-8-29(23)31-22-39(5)34(42)32(38-31)37-28-14-11-25(12-15-28)33(41)40-17-19-45-20-18-40/h6-8,11-16,21-22H,9-10,17-20H2,1-5H3,(H,37,38)(H,43,44). The Morgan fingerprint density at radius 3 is 2.33 bits per heavy atom. The van der Waals surface area contributed by atoms with Gasteiger partial charge in [0.1, 0.15) is 0 Å². The summed E-state index contributed by atoms with van der Waals surface area (Å²) in [4.78, 5) is 44.3. The normalized spacial score (nSPS) is 13.5. The minimum absolute atomic E-state index is 0.0441. The summed E-state index contributed by atoms with van der Waals surface area (Å²) >= 11 is 0. The lowest BCUT2D eigenvalue weighted by Gasteiger charge is -2.26. The van der Waals surface area contributed by atoms with Crippen LogP contribution in [0.5, 0.6) is 0 Å². The number of aromatic nitrogens is 2. The number of anilines is 2. The highest BCUT2D eigenvalue weighted by molar-refractivity contribution is 5.94. The molecule has 1 aliphatic rings. The number of nitrogens with zero attached hydrogens (tertiary/aromatic N) is 3. The lowest BCUT2D eigenvalue weighted by molar-refractivity contribution is 0.0303. The minimum atomic E-state index is -0.927. The van der Waals surface area contributed by atoms with Gasteiger partial charge in [0.2, 0.25) is 0 Å². The molecule has 4 aromatic rings. The quantitative estimate of drug-likeness (QED) is 0.262. The molecule has 0 aliphatic carbocycles. The number of hydrogen-bond donors (Lipinski definition) is 2. The van der Waals surface area contributed by atoms with Crippen molar-refractivity contribution in [3.63, 3.8) is 0 Å². The van der Waals surface area contributed by atoms with E-state index in [-0.39, 0.29) is 22.7 Å². The van der Waals surface area contributed by atoms with Crippen LogP contribution in [0.3, 0.4) is 0 Å². The highest BCUT2D eigenvalue weighted by Crippen LogP contribution is 2.28. The maximum absolute atomic E-state index is 13.1. The van der Waals surface area contributed by atoms with E-state index in [2.05, 4.69) is 26.1 Å². The summed E-state index contributed by atoms with van der Waals surface area (Å²) in [5.74, 6) is -0.793. The molecule has 0 spiro atoms. The van der Waals surface area contributed by atoms with Crippen LogP contribution < -0.4 is 10.9 Å². The number of aryl methyl sites for hydroxylation is 3. The van der Waals surface area contributed by atoms with E-state index in [0.717, 1.165) is 27.8 Å². The Balaban J connectivity index is 1.38. The number of morpholine rings is 1. The largest absolute Gasteiger partial charge is 0.478 e. The second-order valence-electron chi connectivity index (χ2n) is 12.5. The molecule has 1 aliphatic heterocycles. The van der Waals surface area contributed by atoms with Gasteiger partial charge in [-0.25, -0.2) is 9.78 Å². The van der Waals surface area contributed by atoms with Gasteiger partial charge in [-0.3, -0.25) is 9.59 Å². The smallest absolute Gasteiger partial charge is 0.335 e. The summed E-state index contributed by atoms with van der Waals surface area (Å²) in [6, 6.07) is 18.6. The summed E-state index contributed by atoms with van der Waals surface area (Å²) in [5.41, 5.74) is 6.71. The van der Waals surface area contributed by atoms with Gasteiger partial charge in [0.05, 0.1) is 24.5 Å². The first kappa shape index (κ1) is 31.7. The molecule has 2 N–H and O–H groups in total. The van der Waals surface area contributed by atoms with Crippen LogP contribution in [0.15, 0.2) is 71.7 Å². The Labute approximate surface area is 263 Å². The van der Waals surface area contributed by atoms with E-state index in [1.165, 1.54) is 4.57 Å². The van der Waals surface area contributed by atoms with Crippen LogP contribution in [0.25, 0.3) is 11.3 Å². The van der Waals surface area contributed by atoms with Crippen molar-refractivity contribution in [2.45, 2.75) is 46.0 Å². The highest BCUT2D eigenvalue weighted by atomic mass is 16.5. The van der Waals surface area contributed by atoms with Crippen molar-refractivity contribution >= 4 is 23.4 Å². The summed E-state index contributed by atoms with van der Waals surface area (Å²) in [5, 5.41) is 13.0. The lowest BCUT2D eigenvalue weighted by atomic mass is 9.84. The maximum Gasteiger partial charge on any atom is 0.335 e. The number of aromatic carboxylic acids is 1. The molecule has 1 amide bonds. The molecule has 0 unspecified atom stereocenters. The van der Waals surface area contributed by atoms with E-state index in [0.29, 0.717) is 61.7 Å². The van der Waals surface area contributed by atoms with Gasteiger partial charge >= 0.3 is 5.97 Å². The second-order valence-corrected chi connectivity index (χ2v) is 12.5. The molecule has 45 heavy (non-hydrogen) atoms.